The molecule has 0 radical (unpaired) electrons. The number of benzene rings is 2. The molecule has 1 saturated carbocycles. The molecule has 2 aromatic rings. The topological polar surface area (TPSA) is 66.0 Å². The Labute approximate surface area is 152 Å². The SMILES string of the molecule is COc1ccccc1OCC(=O)NC1(c2ccc3c(c2)OCCO3)CC1. The molecule has 0 spiro atoms. The number of ether oxygens (including phenoxy) is 4. The van der Waals surface area contributed by atoms with Crippen LogP contribution in [0, 0.1) is 0 Å². The number of hydrogen-bond donors (Lipinski definition) is 1. The van der Waals surface area contributed by atoms with Gasteiger partial charge in [0.1, 0.15) is 13.2 Å². The molecule has 0 atom stereocenters. The van der Waals surface area contributed by atoms with Crippen molar-refractivity contribution < 1.29 is 23.7 Å². The van der Waals surface area contributed by atoms with Crippen molar-refractivity contribution in [2.24, 2.45) is 0 Å². The molecule has 2 aliphatic rings. The van der Waals surface area contributed by atoms with E-state index in [0.717, 1.165) is 29.9 Å². The van der Waals surface area contributed by atoms with Crippen LogP contribution in [0.5, 0.6) is 23.0 Å². The van der Waals surface area contributed by atoms with Crippen molar-refractivity contribution in [1.82, 2.24) is 5.32 Å². The largest absolute Gasteiger partial charge is 0.493 e. The Morgan fingerprint density at radius 1 is 1.08 bits per heavy atom. The Kier molecular flexibility index (Phi) is 4.32. The number of carbonyl (C=O) groups excluding carboxylic acids is 1. The first-order valence-corrected chi connectivity index (χ1v) is 8.67. The maximum absolute atomic E-state index is 12.4. The van der Waals surface area contributed by atoms with Gasteiger partial charge in [-0.1, -0.05) is 18.2 Å². The third kappa shape index (κ3) is 3.27. The van der Waals surface area contributed by atoms with Gasteiger partial charge in [-0.05, 0) is 42.7 Å². The van der Waals surface area contributed by atoms with Crippen molar-refractivity contribution in [3.8, 4) is 23.0 Å². The van der Waals surface area contributed by atoms with E-state index in [0.29, 0.717) is 24.7 Å². The van der Waals surface area contributed by atoms with Crippen LogP contribution in [0.2, 0.25) is 0 Å². The van der Waals surface area contributed by atoms with E-state index in [9.17, 15) is 4.79 Å². The third-order valence-electron chi connectivity index (χ3n) is 4.65. The first-order valence-electron chi connectivity index (χ1n) is 8.67. The van der Waals surface area contributed by atoms with Gasteiger partial charge in [0.2, 0.25) is 0 Å². The summed E-state index contributed by atoms with van der Waals surface area (Å²) >= 11 is 0. The molecule has 1 heterocycles. The predicted molar refractivity (Wildman–Crippen MR) is 95.0 cm³/mol. The molecule has 1 N–H and O–H groups in total. The Morgan fingerprint density at radius 2 is 1.81 bits per heavy atom. The molecule has 0 unspecified atom stereocenters. The number of nitrogens with one attached hydrogen (secondary N) is 1. The highest BCUT2D eigenvalue weighted by atomic mass is 16.6. The number of fused-ring (bicyclic) bond motifs is 1. The summed E-state index contributed by atoms with van der Waals surface area (Å²) in [7, 11) is 1.57. The summed E-state index contributed by atoms with van der Waals surface area (Å²) in [5.41, 5.74) is 0.698. The van der Waals surface area contributed by atoms with E-state index < -0.39 is 0 Å². The van der Waals surface area contributed by atoms with E-state index in [2.05, 4.69) is 5.32 Å². The van der Waals surface area contributed by atoms with Crippen molar-refractivity contribution in [3.63, 3.8) is 0 Å². The number of carbonyl (C=O) groups is 1. The number of amides is 1. The van der Waals surface area contributed by atoms with Gasteiger partial charge in [-0.2, -0.15) is 0 Å². The highest BCUT2D eigenvalue weighted by Crippen LogP contribution is 2.47. The zero-order valence-electron chi connectivity index (χ0n) is 14.6. The second kappa shape index (κ2) is 6.78. The minimum atomic E-state index is -0.336. The van der Waals surface area contributed by atoms with Gasteiger partial charge in [-0.15, -0.1) is 0 Å². The summed E-state index contributed by atoms with van der Waals surface area (Å²) in [4.78, 5) is 12.4. The molecule has 1 amide bonds. The Hall–Kier alpha value is -2.89. The minimum Gasteiger partial charge on any atom is -0.493 e. The van der Waals surface area contributed by atoms with Crippen LogP contribution in [-0.4, -0.2) is 32.8 Å². The fourth-order valence-electron chi connectivity index (χ4n) is 3.14. The lowest BCUT2D eigenvalue weighted by Crippen LogP contribution is -2.38. The van der Waals surface area contributed by atoms with Gasteiger partial charge in [0.05, 0.1) is 12.6 Å². The fourth-order valence-corrected chi connectivity index (χ4v) is 3.14. The molecule has 1 aliphatic heterocycles. The lowest BCUT2D eigenvalue weighted by molar-refractivity contribution is -0.124. The summed E-state index contributed by atoms with van der Waals surface area (Å²) in [6.45, 7) is 1.05. The van der Waals surface area contributed by atoms with E-state index in [1.165, 1.54) is 0 Å². The summed E-state index contributed by atoms with van der Waals surface area (Å²) in [5, 5.41) is 3.10. The van der Waals surface area contributed by atoms with Gasteiger partial charge >= 0.3 is 0 Å². The van der Waals surface area contributed by atoms with Gasteiger partial charge in [0.25, 0.3) is 5.91 Å². The van der Waals surface area contributed by atoms with E-state index >= 15 is 0 Å². The second-order valence-corrected chi connectivity index (χ2v) is 6.43. The molecule has 0 aromatic heterocycles. The van der Waals surface area contributed by atoms with Crippen LogP contribution in [0.3, 0.4) is 0 Å². The normalized spacial score (nSPS) is 16.5. The standard InChI is InChI=1S/C20H21NO5/c1-23-15-4-2-3-5-16(15)26-13-19(22)21-20(8-9-20)14-6-7-17-18(12-14)25-11-10-24-17/h2-7,12H,8-11,13H2,1H3,(H,21,22). The van der Waals surface area contributed by atoms with Crippen LogP contribution in [0.15, 0.2) is 42.5 Å². The molecule has 136 valence electrons. The average Bonchev–Trinajstić information content (AvgIpc) is 3.46. The molecular weight excluding hydrogens is 334 g/mol. The maximum atomic E-state index is 12.4. The number of methoxy groups -OCH3 is 1. The maximum Gasteiger partial charge on any atom is 0.258 e. The molecule has 6 heteroatoms. The monoisotopic (exact) mass is 355 g/mol. The summed E-state index contributed by atoms with van der Waals surface area (Å²) in [6.07, 6.45) is 1.79. The second-order valence-electron chi connectivity index (χ2n) is 6.43. The molecule has 0 saturated heterocycles. The van der Waals surface area contributed by atoms with Crippen LogP contribution < -0.4 is 24.3 Å². The van der Waals surface area contributed by atoms with Crippen molar-refractivity contribution in [3.05, 3.63) is 48.0 Å². The zero-order chi connectivity index (χ0) is 18.0. The molecular formula is C20H21NO5. The van der Waals surface area contributed by atoms with E-state index in [1.54, 1.807) is 19.2 Å². The molecule has 4 rings (SSSR count). The molecule has 1 fully saturated rings. The van der Waals surface area contributed by atoms with E-state index in [1.807, 2.05) is 30.3 Å². The summed E-state index contributed by atoms with van der Waals surface area (Å²) in [5.74, 6) is 2.48. The number of rotatable bonds is 6. The summed E-state index contributed by atoms with van der Waals surface area (Å²) < 4.78 is 22.0. The first-order chi connectivity index (χ1) is 12.7. The Balaban J connectivity index is 1.41. The van der Waals surface area contributed by atoms with Gasteiger partial charge < -0.3 is 24.3 Å². The molecule has 6 nitrogen and oxygen atoms in total. The molecule has 1 aliphatic carbocycles. The summed E-state index contributed by atoms with van der Waals surface area (Å²) in [6, 6.07) is 13.1. The highest BCUT2D eigenvalue weighted by Gasteiger charge is 2.46. The van der Waals surface area contributed by atoms with Crippen molar-refractivity contribution in [1.29, 1.82) is 0 Å². The first kappa shape index (κ1) is 16.6. The van der Waals surface area contributed by atoms with Crippen molar-refractivity contribution in [2.75, 3.05) is 26.9 Å². The average molecular weight is 355 g/mol. The smallest absolute Gasteiger partial charge is 0.258 e. The molecule has 0 bridgehead atoms. The van der Waals surface area contributed by atoms with Crippen LogP contribution in [-0.2, 0) is 10.3 Å². The fraction of sp³-hybridized carbons (Fsp3) is 0.350. The van der Waals surface area contributed by atoms with E-state index in [4.69, 9.17) is 18.9 Å². The highest BCUT2D eigenvalue weighted by molar-refractivity contribution is 5.79. The lowest BCUT2D eigenvalue weighted by atomic mass is 10.0. The van der Waals surface area contributed by atoms with Crippen molar-refractivity contribution in [2.45, 2.75) is 18.4 Å². The van der Waals surface area contributed by atoms with Crippen LogP contribution in [0.25, 0.3) is 0 Å². The lowest BCUT2D eigenvalue weighted by Gasteiger charge is -2.23. The van der Waals surface area contributed by atoms with Gasteiger partial charge in [0, 0.05) is 0 Å². The number of hydrogen-bond acceptors (Lipinski definition) is 5. The van der Waals surface area contributed by atoms with Crippen molar-refractivity contribution >= 4 is 5.91 Å². The zero-order valence-corrected chi connectivity index (χ0v) is 14.6. The molecule has 2 aromatic carbocycles. The van der Waals surface area contributed by atoms with Crippen LogP contribution in [0.4, 0.5) is 0 Å². The Morgan fingerprint density at radius 3 is 2.54 bits per heavy atom. The minimum absolute atomic E-state index is 0.0628. The quantitative estimate of drug-likeness (QED) is 0.863. The Bertz CT molecular complexity index is 816. The van der Waals surface area contributed by atoms with Crippen LogP contribution >= 0.6 is 0 Å². The number of para-hydroxylation sites is 2. The predicted octanol–water partition coefficient (Wildman–Crippen LogP) is 2.65. The van der Waals surface area contributed by atoms with Gasteiger partial charge in [0.15, 0.2) is 29.6 Å². The van der Waals surface area contributed by atoms with Gasteiger partial charge in [-0.25, -0.2) is 0 Å². The third-order valence-corrected chi connectivity index (χ3v) is 4.65. The van der Waals surface area contributed by atoms with Gasteiger partial charge in [-0.3, -0.25) is 4.79 Å². The van der Waals surface area contributed by atoms with E-state index in [-0.39, 0.29) is 18.1 Å². The molecule has 26 heavy (non-hydrogen) atoms. The van der Waals surface area contributed by atoms with Crippen LogP contribution in [0.1, 0.15) is 18.4 Å².